The minimum absolute atomic E-state index is 0.0150. The van der Waals surface area contributed by atoms with Crippen molar-refractivity contribution in [3.8, 4) is 17.2 Å². The molecule has 0 radical (unpaired) electrons. The molecule has 8 nitrogen and oxygen atoms in total. The largest absolute Gasteiger partial charge is 0.453 e. The fourth-order valence-corrected chi connectivity index (χ4v) is 3.89. The van der Waals surface area contributed by atoms with Gasteiger partial charge in [0.1, 0.15) is 29.7 Å². The molecule has 0 aliphatic carbocycles. The van der Waals surface area contributed by atoms with Crippen molar-refractivity contribution in [2.45, 2.75) is 39.1 Å². The van der Waals surface area contributed by atoms with E-state index in [0.29, 0.717) is 0 Å². The Morgan fingerprint density at radius 2 is 1.59 bits per heavy atom. The highest BCUT2D eigenvalue weighted by molar-refractivity contribution is 5.85. The number of carbonyl (C=O) groups excluding carboxylic acids is 2. The van der Waals surface area contributed by atoms with Gasteiger partial charge in [-0.1, -0.05) is 62.4 Å². The molecule has 0 fully saturated rings. The van der Waals surface area contributed by atoms with Crippen molar-refractivity contribution in [1.29, 1.82) is 0 Å². The van der Waals surface area contributed by atoms with Crippen molar-refractivity contribution in [3.63, 3.8) is 0 Å². The first kappa shape index (κ1) is 29.2. The van der Waals surface area contributed by atoms with Crippen LogP contribution in [0.15, 0.2) is 88.1 Å². The Kier molecular flexibility index (Phi) is 8.96. The Hall–Kier alpha value is -4.80. The second-order valence-electron chi connectivity index (χ2n) is 9.47. The van der Waals surface area contributed by atoms with Gasteiger partial charge in [0, 0.05) is 6.07 Å². The number of benzene rings is 3. The number of ether oxygens (including phenoxy) is 3. The van der Waals surface area contributed by atoms with E-state index in [4.69, 9.17) is 18.6 Å². The molecule has 1 atom stereocenters. The summed E-state index contributed by atoms with van der Waals surface area (Å²) in [5, 5.41) is 2.25. The fourth-order valence-electron chi connectivity index (χ4n) is 3.89. The maximum atomic E-state index is 13.8. The molecule has 0 bridgehead atoms. The molecule has 4 rings (SSSR count). The van der Waals surface area contributed by atoms with E-state index in [9.17, 15) is 27.6 Å². The quantitative estimate of drug-likeness (QED) is 0.174. The number of halogens is 3. The molecule has 1 aromatic heterocycles. The van der Waals surface area contributed by atoms with Crippen LogP contribution >= 0.6 is 0 Å². The van der Waals surface area contributed by atoms with Crippen LogP contribution in [0, 0.1) is 5.92 Å². The second-order valence-corrected chi connectivity index (χ2v) is 9.47. The van der Waals surface area contributed by atoms with Crippen molar-refractivity contribution in [1.82, 2.24) is 5.32 Å². The van der Waals surface area contributed by atoms with Gasteiger partial charge >= 0.3 is 18.2 Å². The number of carbonyl (C=O) groups is 2. The molecule has 0 aliphatic heterocycles. The topological polar surface area (TPSA) is 104 Å². The highest BCUT2D eigenvalue weighted by atomic mass is 19.4. The minimum atomic E-state index is -5.06. The number of hydrogen-bond donors (Lipinski definition) is 1. The van der Waals surface area contributed by atoms with Gasteiger partial charge in [0.15, 0.2) is 0 Å². The van der Waals surface area contributed by atoms with E-state index in [1.165, 1.54) is 36.4 Å². The Morgan fingerprint density at radius 1 is 0.927 bits per heavy atom. The van der Waals surface area contributed by atoms with Gasteiger partial charge in [-0.25, -0.2) is 9.59 Å². The summed E-state index contributed by atoms with van der Waals surface area (Å²) in [5.74, 6) is -3.74. The summed E-state index contributed by atoms with van der Waals surface area (Å²) < 4.78 is 62.4. The Morgan fingerprint density at radius 3 is 2.22 bits per heavy atom. The van der Waals surface area contributed by atoms with Crippen LogP contribution in [0.5, 0.6) is 17.2 Å². The monoisotopic (exact) mass is 569 g/mol. The zero-order valence-electron chi connectivity index (χ0n) is 22.1. The molecule has 214 valence electrons. The van der Waals surface area contributed by atoms with Crippen LogP contribution in [0.4, 0.5) is 18.0 Å². The first-order chi connectivity index (χ1) is 19.5. The Labute approximate surface area is 232 Å². The summed E-state index contributed by atoms with van der Waals surface area (Å²) in [5.41, 5.74) is -0.775. The lowest BCUT2D eigenvalue weighted by molar-refractivity contribution is -0.154. The predicted octanol–water partition coefficient (Wildman–Crippen LogP) is 6.85. The van der Waals surface area contributed by atoms with E-state index >= 15 is 0 Å². The summed E-state index contributed by atoms with van der Waals surface area (Å²) in [4.78, 5) is 38.3. The molecule has 3 aromatic carbocycles. The van der Waals surface area contributed by atoms with Gasteiger partial charge in [-0.3, -0.25) is 4.79 Å². The highest BCUT2D eigenvalue weighted by Gasteiger charge is 2.40. The molecule has 0 saturated heterocycles. The zero-order valence-corrected chi connectivity index (χ0v) is 22.1. The predicted molar refractivity (Wildman–Crippen MR) is 143 cm³/mol. The van der Waals surface area contributed by atoms with Gasteiger partial charge in [0.25, 0.3) is 5.76 Å². The molecule has 0 saturated carbocycles. The molecule has 1 heterocycles. The molecule has 1 N–H and O–H groups in total. The number of para-hydroxylation sites is 1. The van der Waals surface area contributed by atoms with Gasteiger partial charge in [-0.2, -0.15) is 13.2 Å². The summed E-state index contributed by atoms with van der Waals surface area (Å²) in [6.45, 7) is 3.64. The highest BCUT2D eigenvalue weighted by Crippen LogP contribution is 2.38. The summed E-state index contributed by atoms with van der Waals surface area (Å²) in [7, 11) is 0. The fraction of sp³-hybridized carbons (Fsp3) is 0.233. The minimum Gasteiger partial charge on any atom is -0.449 e. The van der Waals surface area contributed by atoms with Crippen molar-refractivity contribution in [2.75, 3.05) is 0 Å². The summed E-state index contributed by atoms with van der Waals surface area (Å²) >= 11 is 0. The third kappa shape index (κ3) is 7.65. The van der Waals surface area contributed by atoms with Gasteiger partial charge in [0.2, 0.25) is 11.2 Å². The Bertz CT molecular complexity index is 1570. The van der Waals surface area contributed by atoms with Crippen molar-refractivity contribution in [3.05, 3.63) is 100 Å². The van der Waals surface area contributed by atoms with E-state index in [2.05, 4.69) is 5.32 Å². The third-order valence-corrected chi connectivity index (χ3v) is 5.76. The maximum Gasteiger partial charge on any atom is 0.453 e. The van der Waals surface area contributed by atoms with Gasteiger partial charge in [-0.15, -0.1) is 0 Å². The number of amides is 1. The second kappa shape index (κ2) is 12.6. The van der Waals surface area contributed by atoms with Crippen LogP contribution in [0.2, 0.25) is 0 Å². The van der Waals surface area contributed by atoms with E-state index in [1.807, 2.05) is 19.9 Å². The molecular weight excluding hydrogens is 543 g/mol. The first-order valence-electron chi connectivity index (χ1n) is 12.6. The maximum absolute atomic E-state index is 13.8. The number of hydrogen-bond acceptors (Lipinski definition) is 7. The number of esters is 1. The van der Waals surface area contributed by atoms with Crippen LogP contribution in [0.25, 0.3) is 11.0 Å². The SMILES string of the molecule is CC(C)C[C@@H](NC(=O)OCc1ccccc1)C(=O)Oc1ccc2c(=O)c(Oc3ccccc3)c(C(F)(F)F)oc2c1. The van der Waals surface area contributed by atoms with E-state index in [-0.39, 0.29) is 35.8 Å². The van der Waals surface area contributed by atoms with Crippen LogP contribution < -0.4 is 20.2 Å². The Balaban J connectivity index is 1.56. The first-order valence-corrected chi connectivity index (χ1v) is 12.6. The molecular formula is C30H26F3NO7. The lowest BCUT2D eigenvalue weighted by Crippen LogP contribution is -2.44. The van der Waals surface area contributed by atoms with Crippen molar-refractivity contribution >= 4 is 23.0 Å². The molecule has 0 aliphatic rings. The summed E-state index contributed by atoms with van der Waals surface area (Å²) in [6.07, 6.45) is -5.71. The van der Waals surface area contributed by atoms with Crippen LogP contribution in [0.1, 0.15) is 31.6 Å². The molecule has 0 unspecified atom stereocenters. The van der Waals surface area contributed by atoms with E-state index in [0.717, 1.165) is 11.6 Å². The van der Waals surface area contributed by atoms with Crippen molar-refractivity contribution < 1.29 is 41.4 Å². The van der Waals surface area contributed by atoms with Crippen LogP contribution in [-0.4, -0.2) is 18.1 Å². The number of alkyl carbamates (subject to hydrolysis) is 1. The molecule has 41 heavy (non-hydrogen) atoms. The number of fused-ring (bicyclic) bond motifs is 1. The smallest absolute Gasteiger partial charge is 0.449 e. The molecule has 1 amide bonds. The zero-order chi connectivity index (χ0) is 29.6. The van der Waals surface area contributed by atoms with Gasteiger partial charge in [-0.05, 0) is 42.2 Å². The van der Waals surface area contributed by atoms with Crippen LogP contribution in [-0.2, 0) is 22.3 Å². The average Bonchev–Trinajstić information content (AvgIpc) is 2.93. The number of rotatable bonds is 9. The summed E-state index contributed by atoms with van der Waals surface area (Å²) in [6, 6.07) is 18.7. The van der Waals surface area contributed by atoms with E-state index in [1.54, 1.807) is 30.3 Å². The normalized spacial score (nSPS) is 12.1. The molecule has 4 aromatic rings. The molecule has 0 spiro atoms. The number of alkyl halides is 3. The third-order valence-electron chi connectivity index (χ3n) is 5.76. The average molecular weight is 570 g/mol. The number of nitrogens with one attached hydrogen (secondary N) is 1. The van der Waals surface area contributed by atoms with Crippen LogP contribution in [0.3, 0.4) is 0 Å². The van der Waals surface area contributed by atoms with E-state index < -0.39 is 46.8 Å². The van der Waals surface area contributed by atoms with Gasteiger partial charge in [0.05, 0.1) is 5.39 Å². The van der Waals surface area contributed by atoms with Gasteiger partial charge < -0.3 is 23.9 Å². The lowest BCUT2D eigenvalue weighted by atomic mass is 10.0. The lowest BCUT2D eigenvalue weighted by Gasteiger charge is -2.19. The van der Waals surface area contributed by atoms with Crippen molar-refractivity contribution in [2.24, 2.45) is 5.92 Å². The standard InChI is InChI=1S/C30H26F3NO7/c1-18(2)15-23(34-29(37)38-17-19-9-5-3-6-10-19)28(36)40-21-13-14-22-24(16-21)41-27(30(31,32)33)26(25(22)35)39-20-11-7-4-8-12-20/h3-14,16,18,23H,15,17H2,1-2H3,(H,34,37)/t23-/m1/s1. The molecule has 11 heteroatoms.